The number of ether oxygens (including phenoxy) is 4. The van der Waals surface area contributed by atoms with Crippen molar-refractivity contribution in [2.45, 2.75) is 110 Å². The zero-order valence-corrected chi connectivity index (χ0v) is 40.5. The molecule has 330 valence electrons. The molecule has 0 amide bonds. The fraction of sp³-hybridized carbons (Fsp3) is 0.509. The molecule has 6 nitrogen and oxygen atoms in total. The fourth-order valence-corrected chi connectivity index (χ4v) is 19.0. The van der Waals surface area contributed by atoms with Gasteiger partial charge in [-0.15, -0.1) is 0 Å². The molecule has 8 aliphatic carbocycles. The number of benzene rings is 4. The van der Waals surface area contributed by atoms with Crippen LogP contribution in [0.5, 0.6) is 11.5 Å². The monoisotopic (exact) mass is 994 g/mol. The topological polar surface area (TPSA) is 71.1 Å². The van der Waals surface area contributed by atoms with Crippen LogP contribution in [0.4, 0.5) is 0 Å². The van der Waals surface area contributed by atoms with E-state index < -0.39 is 27.1 Å². The van der Waals surface area contributed by atoms with Crippen molar-refractivity contribution in [3.8, 4) is 33.8 Å². The SMILES string of the molecule is CC1(OC(=O)COc2ccc([Te](Cl)(Cl)c3ccc(OCC(=O)OC4(C)C5CC6CC(C5)CC4C6)c(-c4ccccc4)c3)cc2-c2ccccc2)C2CC3CC(C2)CC1C3.CCC. The minimum Gasteiger partial charge on any atom is -0.0656 e. The molecule has 0 saturated heterocycles. The van der Waals surface area contributed by atoms with Crippen molar-refractivity contribution < 1.29 is 28.5 Å². The summed E-state index contributed by atoms with van der Waals surface area (Å²) in [5.41, 5.74) is 2.65. The van der Waals surface area contributed by atoms with Crippen LogP contribution in [0, 0.1) is 47.3 Å². The first-order valence-corrected chi connectivity index (χ1v) is 31.4. The van der Waals surface area contributed by atoms with Crippen LogP contribution in [-0.4, -0.2) is 52.3 Å². The summed E-state index contributed by atoms with van der Waals surface area (Å²) in [5.74, 6) is 5.42. The number of halogens is 2. The molecule has 0 atom stereocenters. The Morgan fingerprint density at radius 2 is 0.855 bits per heavy atom. The third-order valence-corrected chi connectivity index (χ3v) is 25.2. The molecule has 8 saturated carbocycles. The molecule has 0 aliphatic heterocycles. The second-order valence-corrected chi connectivity index (χ2v) is 32.4. The number of carbonyl (C=O) groups is 2. The number of esters is 2. The predicted molar refractivity (Wildman–Crippen MR) is 251 cm³/mol. The third kappa shape index (κ3) is 8.67. The predicted octanol–water partition coefficient (Wildman–Crippen LogP) is 11.7. The van der Waals surface area contributed by atoms with Crippen LogP contribution in [0.25, 0.3) is 22.3 Å². The van der Waals surface area contributed by atoms with E-state index in [9.17, 15) is 9.59 Å². The number of rotatable bonds is 12. The zero-order chi connectivity index (χ0) is 43.2. The molecule has 12 rings (SSSR count). The summed E-state index contributed by atoms with van der Waals surface area (Å²) in [5, 5.41) is 0. The molecule has 8 fully saturated rings. The summed E-state index contributed by atoms with van der Waals surface area (Å²) in [6.45, 7) is 8.22. The minimum absolute atomic E-state index is 0.174. The van der Waals surface area contributed by atoms with Crippen LogP contribution >= 0.6 is 17.9 Å². The first kappa shape index (κ1) is 44.0. The van der Waals surface area contributed by atoms with Gasteiger partial charge in [-0.3, -0.25) is 0 Å². The van der Waals surface area contributed by atoms with E-state index in [1.54, 1.807) is 0 Å². The van der Waals surface area contributed by atoms with Crippen LogP contribution in [0.2, 0.25) is 0 Å². The first-order valence-electron chi connectivity index (χ1n) is 23.2. The van der Waals surface area contributed by atoms with Gasteiger partial charge in [-0.1, -0.05) is 20.3 Å². The Morgan fingerprint density at radius 3 is 1.18 bits per heavy atom. The summed E-state index contributed by atoms with van der Waals surface area (Å²) in [7, 11) is 15.1. The van der Waals surface area contributed by atoms with E-state index in [-0.39, 0.29) is 25.2 Å². The maximum Gasteiger partial charge on any atom is -0.0590 e. The molecule has 9 heteroatoms. The Kier molecular flexibility index (Phi) is 12.8. The molecular weight excluding hydrogens is 931 g/mol. The average Bonchev–Trinajstić information content (AvgIpc) is 3.26. The summed E-state index contributed by atoms with van der Waals surface area (Å²) < 4.78 is 26.9. The number of carbonyl (C=O) groups excluding carboxylic acids is 2. The van der Waals surface area contributed by atoms with Gasteiger partial charge in [0, 0.05) is 0 Å². The Bertz CT molecular complexity index is 2030. The van der Waals surface area contributed by atoms with Crippen molar-refractivity contribution in [1.29, 1.82) is 0 Å². The molecular formula is C53H62Cl2O6Te. The van der Waals surface area contributed by atoms with Gasteiger partial charge in [0.25, 0.3) is 0 Å². The molecule has 0 unspecified atom stereocenters. The normalized spacial score (nSPS) is 31.5. The van der Waals surface area contributed by atoms with Gasteiger partial charge < -0.3 is 0 Å². The third-order valence-electron chi connectivity index (χ3n) is 15.5. The maximum atomic E-state index is 13.5. The molecule has 0 heterocycles. The summed E-state index contributed by atoms with van der Waals surface area (Å²) in [6.07, 6.45) is 13.3. The number of hydrogen-bond donors (Lipinski definition) is 0. The minimum atomic E-state index is -4.08. The molecule has 0 radical (unpaired) electrons. The Hall–Kier alpha value is -3.21. The van der Waals surface area contributed by atoms with Gasteiger partial charge in [-0.05, 0) is 12.8 Å². The standard InChI is InChI=1S/C50H54Cl2O6Te.C3H8/c1-49(37-19-31-17-32(21-37)22-38(49)20-31)57-47(53)29-55-45-15-13-41(27-43(45)35-9-5-3-6-10-35)59(51,52)42-14-16-46(44(28-42)36-11-7-4-8-12-36)56-30-48(54)58-50(2)39-23-33-18-34(25-39)26-40(50)24-33;1-3-2/h3-16,27-28,31-34,37-40H,17-26,29-30H2,1-2H3;3H2,1-2H3. The molecule has 4 aromatic rings. The molecule has 0 N–H and O–H groups in total. The van der Waals surface area contributed by atoms with Crippen molar-refractivity contribution in [2.24, 2.45) is 47.3 Å². The Morgan fingerprint density at radius 1 is 0.532 bits per heavy atom. The Labute approximate surface area is 380 Å². The van der Waals surface area contributed by atoms with Crippen molar-refractivity contribution in [3.63, 3.8) is 0 Å². The van der Waals surface area contributed by atoms with E-state index in [1.807, 2.05) is 97.1 Å². The molecule has 8 aliphatic rings. The first-order chi connectivity index (χ1) is 29.9. The molecule has 0 spiro atoms. The van der Waals surface area contributed by atoms with E-state index >= 15 is 0 Å². The van der Waals surface area contributed by atoms with Gasteiger partial charge in [0.1, 0.15) is 0 Å². The fourth-order valence-electron chi connectivity index (χ4n) is 12.8. The van der Waals surface area contributed by atoms with Crippen molar-refractivity contribution in [2.75, 3.05) is 13.2 Å². The van der Waals surface area contributed by atoms with Gasteiger partial charge >= 0.3 is 349 Å². The van der Waals surface area contributed by atoms with Crippen LogP contribution in [0.1, 0.15) is 98.3 Å². The van der Waals surface area contributed by atoms with Crippen LogP contribution in [-0.2, 0) is 19.1 Å². The van der Waals surface area contributed by atoms with Gasteiger partial charge in [-0.25, -0.2) is 0 Å². The van der Waals surface area contributed by atoms with E-state index in [1.165, 1.54) is 70.6 Å². The van der Waals surface area contributed by atoms with Gasteiger partial charge in [-0.2, -0.15) is 0 Å². The van der Waals surface area contributed by atoms with Gasteiger partial charge in [0.15, 0.2) is 0 Å². The van der Waals surface area contributed by atoms with E-state index in [2.05, 4.69) is 27.7 Å². The van der Waals surface area contributed by atoms with Gasteiger partial charge in [0.2, 0.25) is 0 Å². The summed E-state index contributed by atoms with van der Waals surface area (Å²) in [4.78, 5) is 26.9. The van der Waals surface area contributed by atoms with Crippen LogP contribution in [0.15, 0.2) is 97.1 Å². The molecule has 0 aromatic heterocycles. The average molecular weight is 994 g/mol. The quantitative estimate of drug-likeness (QED) is 0.104. The second kappa shape index (κ2) is 18.0. The smallest absolute Gasteiger partial charge is 0.0590 e. The van der Waals surface area contributed by atoms with E-state index in [4.69, 9.17) is 36.9 Å². The van der Waals surface area contributed by atoms with Crippen molar-refractivity contribution >= 4 is 53.0 Å². The molecule has 4 aromatic carbocycles. The number of hydrogen-bond acceptors (Lipinski definition) is 6. The summed E-state index contributed by atoms with van der Waals surface area (Å²) >= 11 is -4.08. The molecule has 62 heavy (non-hydrogen) atoms. The Balaban J connectivity index is 0.00000159. The summed E-state index contributed by atoms with van der Waals surface area (Å²) in [6, 6.07) is 31.6. The molecule has 8 bridgehead atoms. The van der Waals surface area contributed by atoms with Crippen LogP contribution < -0.4 is 16.7 Å². The van der Waals surface area contributed by atoms with E-state index in [0.717, 1.165) is 53.1 Å². The van der Waals surface area contributed by atoms with Crippen molar-refractivity contribution in [1.82, 2.24) is 0 Å². The maximum absolute atomic E-state index is 13.5. The zero-order valence-electron chi connectivity index (χ0n) is 36.7. The van der Waals surface area contributed by atoms with E-state index in [0.29, 0.717) is 35.2 Å². The van der Waals surface area contributed by atoms with Crippen molar-refractivity contribution in [3.05, 3.63) is 97.1 Å². The second-order valence-electron chi connectivity index (χ2n) is 19.7. The largest absolute Gasteiger partial charge is 0.0656 e. The van der Waals surface area contributed by atoms with Gasteiger partial charge in [0.05, 0.1) is 0 Å². The van der Waals surface area contributed by atoms with Crippen LogP contribution in [0.3, 0.4) is 0 Å².